The van der Waals surface area contributed by atoms with Gasteiger partial charge in [0, 0.05) is 11.3 Å². The van der Waals surface area contributed by atoms with E-state index in [1.165, 1.54) is 50.8 Å². The molecule has 0 bridgehead atoms. The van der Waals surface area contributed by atoms with Gasteiger partial charge >= 0.3 is 0 Å². The molecule has 1 aliphatic carbocycles. The lowest BCUT2D eigenvalue weighted by Gasteiger charge is -2.35. The van der Waals surface area contributed by atoms with Gasteiger partial charge in [0.15, 0.2) is 0 Å². The van der Waals surface area contributed by atoms with E-state index in [4.69, 9.17) is 0 Å². The Labute approximate surface area is 92.4 Å². The summed E-state index contributed by atoms with van der Waals surface area (Å²) in [6.07, 6.45) is 8.60. The van der Waals surface area contributed by atoms with Crippen molar-refractivity contribution in [3.05, 3.63) is 0 Å². The Hall–Kier alpha value is 0.310. The third kappa shape index (κ3) is 2.66. The monoisotopic (exact) mass is 213 g/mol. The van der Waals surface area contributed by atoms with E-state index >= 15 is 0 Å². The quantitative estimate of drug-likeness (QED) is 0.756. The van der Waals surface area contributed by atoms with E-state index in [0.717, 1.165) is 17.2 Å². The van der Waals surface area contributed by atoms with E-state index in [1.54, 1.807) is 0 Å². The number of nitrogens with one attached hydrogen (secondary N) is 1. The van der Waals surface area contributed by atoms with Crippen LogP contribution in [0.1, 0.15) is 45.4 Å². The van der Waals surface area contributed by atoms with Crippen LogP contribution in [0.4, 0.5) is 0 Å². The molecule has 2 aliphatic rings. The molecule has 1 N–H and O–H groups in total. The van der Waals surface area contributed by atoms with Gasteiger partial charge in [-0.2, -0.15) is 11.8 Å². The van der Waals surface area contributed by atoms with Crippen molar-refractivity contribution in [1.82, 2.24) is 5.32 Å². The van der Waals surface area contributed by atoms with Gasteiger partial charge in [0.05, 0.1) is 0 Å². The standard InChI is InChI=1S/C12H23NS/c1-2-4-10-5-6-11-12(9-10)14-8-3-7-13-11/h10-13H,2-9H2,1H3. The highest BCUT2D eigenvalue weighted by Crippen LogP contribution is 2.36. The van der Waals surface area contributed by atoms with Crippen molar-refractivity contribution in [2.75, 3.05) is 12.3 Å². The number of hydrogen-bond donors (Lipinski definition) is 1. The zero-order chi connectivity index (χ0) is 9.80. The molecule has 0 amide bonds. The van der Waals surface area contributed by atoms with Crippen molar-refractivity contribution in [3.63, 3.8) is 0 Å². The summed E-state index contributed by atoms with van der Waals surface area (Å²) in [7, 11) is 0. The maximum absolute atomic E-state index is 3.73. The highest BCUT2D eigenvalue weighted by molar-refractivity contribution is 7.99. The van der Waals surface area contributed by atoms with Crippen LogP contribution >= 0.6 is 11.8 Å². The summed E-state index contributed by atoms with van der Waals surface area (Å²) in [5, 5.41) is 4.66. The van der Waals surface area contributed by atoms with E-state index in [-0.39, 0.29) is 0 Å². The summed E-state index contributed by atoms with van der Waals surface area (Å²) in [4.78, 5) is 0. The first-order valence-electron chi connectivity index (χ1n) is 6.25. The van der Waals surface area contributed by atoms with Crippen LogP contribution in [0.3, 0.4) is 0 Å². The molecule has 1 aliphatic heterocycles. The summed E-state index contributed by atoms with van der Waals surface area (Å²) >= 11 is 2.24. The Morgan fingerprint density at radius 2 is 2.29 bits per heavy atom. The van der Waals surface area contributed by atoms with Crippen LogP contribution in [0.2, 0.25) is 0 Å². The smallest absolute Gasteiger partial charge is 0.0203 e. The lowest BCUT2D eigenvalue weighted by Crippen LogP contribution is -2.41. The van der Waals surface area contributed by atoms with E-state index in [1.807, 2.05) is 0 Å². The Balaban J connectivity index is 1.86. The molecule has 14 heavy (non-hydrogen) atoms. The predicted molar refractivity (Wildman–Crippen MR) is 64.9 cm³/mol. The highest BCUT2D eigenvalue weighted by atomic mass is 32.2. The minimum absolute atomic E-state index is 0.843. The fourth-order valence-corrected chi connectivity index (χ4v) is 4.38. The second-order valence-corrected chi connectivity index (χ2v) is 6.14. The Kier molecular flexibility index (Phi) is 4.18. The predicted octanol–water partition coefficient (Wildman–Crippen LogP) is 3.05. The minimum Gasteiger partial charge on any atom is -0.313 e. The lowest BCUT2D eigenvalue weighted by molar-refractivity contribution is 0.290. The summed E-state index contributed by atoms with van der Waals surface area (Å²) in [5.74, 6) is 2.42. The van der Waals surface area contributed by atoms with Crippen molar-refractivity contribution in [2.45, 2.75) is 56.7 Å². The van der Waals surface area contributed by atoms with Gasteiger partial charge in [-0.3, -0.25) is 0 Å². The van der Waals surface area contributed by atoms with Crippen LogP contribution in [0, 0.1) is 5.92 Å². The SMILES string of the molecule is CCCC1CCC2NCCCSC2C1. The van der Waals surface area contributed by atoms with Crippen LogP contribution < -0.4 is 5.32 Å². The van der Waals surface area contributed by atoms with Crippen LogP contribution in [-0.4, -0.2) is 23.6 Å². The van der Waals surface area contributed by atoms with Crippen molar-refractivity contribution in [1.29, 1.82) is 0 Å². The van der Waals surface area contributed by atoms with Gasteiger partial charge in [-0.15, -0.1) is 0 Å². The maximum Gasteiger partial charge on any atom is 0.0203 e. The topological polar surface area (TPSA) is 12.0 Å². The second kappa shape index (κ2) is 5.41. The minimum atomic E-state index is 0.843. The molecule has 2 heteroatoms. The summed E-state index contributed by atoms with van der Waals surface area (Å²) < 4.78 is 0. The van der Waals surface area contributed by atoms with Gasteiger partial charge in [-0.25, -0.2) is 0 Å². The molecule has 0 aromatic heterocycles. The molecule has 0 aromatic rings. The first-order chi connectivity index (χ1) is 6.90. The van der Waals surface area contributed by atoms with Crippen molar-refractivity contribution >= 4 is 11.8 Å². The van der Waals surface area contributed by atoms with Crippen molar-refractivity contribution in [2.24, 2.45) is 5.92 Å². The Morgan fingerprint density at radius 1 is 1.36 bits per heavy atom. The molecule has 1 saturated heterocycles. The van der Waals surface area contributed by atoms with Crippen LogP contribution in [0.5, 0.6) is 0 Å². The number of fused-ring (bicyclic) bond motifs is 1. The molecule has 1 saturated carbocycles. The average molecular weight is 213 g/mol. The molecule has 3 unspecified atom stereocenters. The highest BCUT2D eigenvalue weighted by Gasteiger charge is 2.30. The summed E-state index contributed by atoms with van der Waals surface area (Å²) in [5.41, 5.74) is 0. The fraction of sp³-hybridized carbons (Fsp3) is 1.00. The van der Waals surface area contributed by atoms with E-state index in [2.05, 4.69) is 24.0 Å². The molecule has 1 heterocycles. The average Bonchev–Trinajstić information content (AvgIpc) is 2.42. The zero-order valence-electron chi connectivity index (χ0n) is 9.30. The summed E-state index contributed by atoms with van der Waals surface area (Å²) in [6.45, 7) is 3.58. The van der Waals surface area contributed by atoms with Gasteiger partial charge in [-0.05, 0) is 43.9 Å². The third-order valence-electron chi connectivity index (χ3n) is 3.66. The van der Waals surface area contributed by atoms with E-state index in [9.17, 15) is 0 Å². The van der Waals surface area contributed by atoms with Gasteiger partial charge in [0.2, 0.25) is 0 Å². The first kappa shape index (κ1) is 10.8. The zero-order valence-corrected chi connectivity index (χ0v) is 10.1. The molecule has 0 aromatic carbocycles. The molecule has 2 fully saturated rings. The molecule has 1 nitrogen and oxygen atoms in total. The first-order valence-corrected chi connectivity index (χ1v) is 7.30. The van der Waals surface area contributed by atoms with Crippen LogP contribution in [-0.2, 0) is 0 Å². The largest absolute Gasteiger partial charge is 0.313 e. The molecular weight excluding hydrogens is 190 g/mol. The summed E-state index contributed by atoms with van der Waals surface area (Å²) in [6, 6.07) is 0.843. The number of rotatable bonds is 2. The Morgan fingerprint density at radius 3 is 3.14 bits per heavy atom. The van der Waals surface area contributed by atoms with Gasteiger partial charge in [0.25, 0.3) is 0 Å². The Bertz CT molecular complexity index is 172. The van der Waals surface area contributed by atoms with Gasteiger partial charge in [-0.1, -0.05) is 19.8 Å². The maximum atomic E-state index is 3.73. The van der Waals surface area contributed by atoms with Crippen molar-refractivity contribution in [3.8, 4) is 0 Å². The third-order valence-corrected chi connectivity index (χ3v) is 5.13. The molecular formula is C12H23NS. The molecule has 0 radical (unpaired) electrons. The normalized spacial score (nSPS) is 38.8. The van der Waals surface area contributed by atoms with E-state index in [0.29, 0.717) is 0 Å². The lowest BCUT2D eigenvalue weighted by atomic mass is 9.83. The molecule has 3 atom stereocenters. The molecule has 2 rings (SSSR count). The van der Waals surface area contributed by atoms with E-state index < -0.39 is 0 Å². The van der Waals surface area contributed by atoms with Crippen LogP contribution in [0.25, 0.3) is 0 Å². The van der Waals surface area contributed by atoms with Gasteiger partial charge in [0.1, 0.15) is 0 Å². The number of thioether (sulfide) groups is 1. The second-order valence-electron chi connectivity index (χ2n) is 4.79. The fourth-order valence-electron chi connectivity index (χ4n) is 2.89. The van der Waals surface area contributed by atoms with Gasteiger partial charge < -0.3 is 5.32 Å². The van der Waals surface area contributed by atoms with Crippen LogP contribution in [0.15, 0.2) is 0 Å². The molecule has 82 valence electrons. The molecule has 0 spiro atoms. The number of hydrogen-bond acceptors (Lipinski definition) is 2. The van der Waals surface area contributed by atoms with Crippen molar-refractivity contribution < 1.29 is 0 Å².